The van der Waals surface area contributed by atoms with Gasteiger partial charge in [0.25, 0.3) is 16.0 Å². The summed E-state index contributed by atoms with van der Waals surface area (Å²) in [4.78, 5) is 20.3. The molecule has 0 saturated carbocycles. The van der Waals surface area contributed by atoms with Crippen LogP contribution in [0.1, 0.15) is 24.2 Å². The molecular weight excluding hydrogens is 420 g/mol. The third kappa shape index (κ3) is 4.75. The van der Waals surface area contributed by atoms with Gasteiger partial charge in [-0.25, -0.2) is 22.5 Å². The standard InChI is InChI=1S/C21H22N4O5S/c1-14-13-15(2)25(21(23-14)24-20(22)30-16-9-5-4-6-10-16)31(27,28)18-12-8-7-11-17(18)19(26)29-3/h4-13,15H,1-3H3,(H2,22,23,24). The lowest BCUT2D eigenvalue weighted by atomic mass is 10.2. The number of guanidine groups is 1. The molecule has 2 N–H and O–H groups in total. The summed E-state index contributed by atoms with van der Waals surface area (Å²) in [6.45, 7) is 3.38. The van der Waals surface area contributed by atoms with Crippen molar-refractivity contribution >= 4 is 28.0 Å². The van der Waals surface area contributed by atoms with Crippen molar-refractivity contribution in [2.75, 3.05) is 7.11 Å². The number of carbonyl (C=O) groups is 1. The number of hydrogen-bond acceptors (Lipinski definition) is 7. The molecule has 1 aliphatic rings. The number of sulfonamides is 1. The summed E-state index contributed by atoms with van der Waals surface area (Å²) in [7, 11) is -3.07. The summed E-state index contributed by atoms with van der Waals surface area (Å²) in [5, 5.41) is 0. The highest BCUT2D eigenvalue weighted by Crippen LogP contribution is 2.27. The maximum atomic E-state index is 13.6. The van der Waals surface area contributed by atoms with Gasteiger partial charge in [-0.2, -0.15) is 4.99 Å². The van der Waals surface area contributed by atoms with Crippen LogP contribution >= 0.6 is 0 Å². The van der Waals surface area contributed by atoms with Gasteiger partial charge in [0, 0.05) is 5.70 Å². The molecule has 1 unspecified atom stereocenters. The molecule has 0 saturated heterocycles. The first-order valence-corrected chi connectivity index (χ1v) is 10.7. The number of rotatable bonds is 4. The second kappa shape index (κ2) is 9.00. The van der Waals surface area contributed by atoms with Crippen LogP contribution in [0.15, 0.2) is 81.3 Å². The van der Waals surface area contributed by atoms with Crippen LogP contribution in [0.2, 0.25) is 0 Å². The summed E-state index contributed by atoms with van der Waals surface area (Å²) >= 11 is 0. The Morgan fingerprint density at radius 3 is 2.45 bits per heavy atom. The van der Waals surface area contributed by atoms with Crippen LogP contribution in [-0.4, -0.2) is 43.8 Å². The first kappa shape index (κ1) is 22.0. The fourth-order valence-corrected chi connectivity index (χ4v) is 4.74. The van der Waals surface area contributed by atoms with Gasteiger partial charge < -0.3 is 15.2 Å². The monoisotopic (exact) mass is 442 g/mol. The third-order valence-corrected chi connectivity index (χ3v) is 6.26. The molecule has 0 aliphatic carbocycles. The molecule has 0 amide bonds. The highest BCUT2D eigenvalue weighted by Gasteiger charge is 2.36. The maximum absolute atomic E-state index is 13.6. The highest BCUT2D eigenvalue weighted by atomic mass is 32.2. The van der Waals surface area contributed by atoms with Gasteiger partial charge in [0.15, 0.2) is 0 Å². The zero-order valence-electron chi connectivity index (χ0n) is 17.2. The molecule has 0 bridgehead atoms. The van der Waals surface area contributed by atoms with Crippen LogP contribution in [0.4, 0.5) is 0 Å². The fraction of sp³-hybridized carbons (Fsp3) is 0.190. The number of para-hydroxylation sites is 1. The Morgan fingerprint density at radius 2 is 1.77 bits per heavy atom. The van der Waals surface area contributed by atoms with E-state index < -0.39 is 22.0 Å². The predicted octanol–water partition coefficient (Wildman–Crippen LogP) is 2.52. The average Bonchev–Trinajstić information content (AvgIpc) is 2.73. The summed E-state index contributed by atoms with van der Waals surface area (Å²) in [6, 6.07) is 13.5. The van der Waals surface area contributed by atoms with Crippen molar-refractivity contribution in [2.45, 2.75) is 24.8 Å². The number of methoxy groups -OCH3 is 1. The minimum atomic E-state index is -4.25. The molecule has 0 radical (unpaired) electrons. The number of benzene rings is 2. The Bertz CT molecular complexity index is 1170. The molecule has 10 heteroatoms. The number of hydrogen-bond donors (Lipinski definition) is 1. The van der Waals surface area contributed by atoms with Gasteiger partial charge in [-0.05, 0) is 44.2 Å². The Balaban J connectivity index is 2.05. The zero-order chi connectivity index (χ0) is 22.6. The van der Waals surface area contributed by atoms with Crippen molar-refractivity contribution in [1.29, 1.82) is 0 Å². The van der Waals surface area contributed by atoms with Crippen molar-refractivity contribution in [3.05, 3.63) is 71.9 Å². The van der Waals surface area contributed by atoms with Gasteiger partial charge in [-0.1, -0.05) is 30.3 Å². The topological polar surface area (TPSA) is 124 Å². The number of esters is 1. The first-order valence-electron chi connectivity index (χ1n) is 9.30. The predicted molar refractivity (Wildman–Crippen MR) is 116 cm³/mol. The van der Waals surface area contributed by atoms with Gasteiger partial charge in [-0.15, -0.1) is 0 Å². The molecule has 1 atom stereocenters. The Kier molecular flexibility index (Phi) is 6.40. The van der Waals surface area contributed by atoms with Crippen molar-refractivity contribution in [3.63, 3.8) is 0 Å². The molecule has 0 aromatic heterocycles. The van der Waals surface area contributed by atoms with Gasteiger partial charge >= 0.3 is 5.97 Å². The van der Waals surface area contributed by atoms with Crippen LogP contribution in [0, 0.1) is 0 Å². The van der Waals surface area contributed by atoms with E-state index in [1.54, 1.807) is 50.3 Å². The van der Waals surface area contributed by atoms with Gasteiger partial charge in [0.05, 0.1) is 18.7 Å². The van der Waals surface area contributed by atoms with E-state index in [2.05, 4.69) is 9.98 Å². The maximum Gasteiger partial charge on any atom is 0.339 e. The molecule has 162 valence electrons. The van der Waals surface area contributed by atoms with Crippen molar-refractivity contribution in [1.82, 2.24) is 4.31 Å². The summed E-state index contributed by atoms with van der Waals surface area (Å²) in [6.07, 6.45) is 1.66. The second-order valence-corrected chi connectivity index (χ2v) is 8.40. The first-order chi connectivity index (χ1) is 14.7. The Labute approximate surface area is 180 Å². The molecule has 31 heavy (non-hydrogen) atoms. The van der Waals surface area contributed by atoms with E-state index >= 15 is 0 Å². The normalized spacial score (nSPS) is 16.9. The van der Waals surface area contributed by atoms with Crippen LogP contribution in [0.25, 0.3) is 0 Å². The van der Waals surface area contributed by atoms with Crippen molar-refractivity contribution in [2.24, 2.45) is 15.7 Å². The van der Waals surface area contributed by atoms with Crippen LogP contribution in [0.3, 0.4) is 0 Å². The van der Waals surface area contributed by atoms with Crippen LogP contribution in [-0.2, 0) is 14.8 Å². The lowest BCUT2D eigenvalue weighted by Gasteiger charge is -2.30. The molecule has 1 aliphatic heterocycles. The molecule has 9 nitrogen and oxygen atoms in total. The molecule has 2 aromatic rings. The molecular formula is C21H22N4O5S. The number of nitrogens with zero attached hydrogens (tertiary/aromatic N) is 3. The average molecular weight is 442 g/mol. The van der Waals surface area contributed by atoms with E-state index in [1.807, 2.05) is 6.07 Å². The Morgan fingerprint density at radius 1 is 1.13 bits per heavy atom. The second-order valence-electron chi connectivity index (χ2n) is 6.61. The Hall–Kier alpha value is -3.66. The SMILES string of the molecule is COC(=O)c1ccccc1S(=O)(=O)N1C(N=C(N)Oc2ccccc2)=NC(C)=CC1C. The molecule has 0 fully saturated rings. The van der Waals surface area contributed by atoms with E-state index in [0.717, 1.165) is 4.31 Å². The lowest BCUT2D eigenvalue weighted by Crippen LogP contribution is -2.44. The van der Waals surface area contributed by atoms with Crippen molar-refractivity contribution in [3.8, 4) is 5.75 Å². The number of aliphatic imine (C=N–C) groups is 2. The van der Waals surface area contributed by atoms with Gasteiger partial charge in [-0.3, -0.25) is 0 Å². The number of allylic oxidation sites excluding steroid dienone is 1. The van der Waals surface area contributed by atoms with Crippen LogP contribution < -0.4 is 10.5 Å². The highest BCUT2D eigenvalue weighted by molar-refractivity contribution is 7.89. The molecule has 0 spiro atoms. The largest absolute Gasteiger partial charge is 0.465 e. The zero-order valence-corrected chi connectivity index (χ0v) is 18.0. The van der Waals surface area contributed by atoms with Crippen molar-refractivity contribution < 1.29 is 22.7 Å². The van der Waals surface area contributed by atoms with E-state index in [4.69, 9.17) is 15.2 Å². The number of ether oxygens (including phenoxy) is 2. The molecule has 3 rings (SSSR count). The molecule has 1 heterocycles. The minimum Gasteiger partial charge on any atom is -0.465 e. The van der Waals surface area contributed by atoms with E-state index in [9.17, 15) is 13.2 Å². The quantitative estimate of drug-likeness (QED) is 0.441. The number of amidine groups is 1. The minimum absolute atomic E-state index is 0.0969. The summed E-state index contributed by atoms with van der Waals surface area (Å²) < 4.78 is 38.3. The fourth-order valence-electron chi connectivity index (χ4n) is 3.05. The van der Waals surface area contributed by atoms with E-state index in [-0.39, 0.29) is 22.4 Å². The smallest absolute Gasteiger partial charge is 0.339 e. The van der Waals surface area contributed by atoms with Gasteiger partial charge in [0.1, 0.15) is 10.6 Å². The number of carbonyl (C=O) groups excluding carboxylic acids is 1. The van der Waals surface area contributed by atoms with Crippen LogP contribution in [0.5, 0.6) is 5.75 Å². The number of nitrogens with two attached hydrogens (primary N) is 1. The lowest BCUT2D eigenvalue weighted by molar-refractivity contribution is 0.0596. The van der Waals surface area contributed by atoms with E-state index in [0.29, 0.717) is 11.4 Å². The van der Waals surface area contributed by atoms with Gasteiger partial charge in [0.2, 0.25) is 5.96 Å². The van der Waals surface area contributed by atoms with E-state index in [1.165, 1.54) is 25.3 Å². The summed E-state index contributed by atoms with van der Waals surface area (Å²) in [5.41, 5.74) is 6.37. The summed E-state index contributed by atoms with van der Waals surface area (Å²) in [5.74, 6) is -0.518. The third-order valence-electron chi connectivity index (χ3n) is 4.33. The molecule has 2 aromatic carbocycles.